The highest BCUT2D eigenvalue weighted by Crippen LogP contribution is 2.41. The van der Waals surface area contributed by atoms with Gasteiger partial charge in [0.2, 0.25) is 11.8 Å². The van der Waals surface area contributed by atoms with E-state index >= 15 is 0 Å². The Morgan fingerprint density at radius 1 is 1.00 bits per heavy atom. The molecule has 0 radical (unpaired) electrons. The van der Waals surface area contributed by atoms with Crippen molar-refractivity contribution in [2.45, 2.75) is 109 Å². The number of amides is 3. The summed E-state index contributed by atoms with van der Waals surface area (Å²) in [5, 5.41) is 10.8. The maximum atomic E-state index is 14.6. The third kappa shape index (κ3) is 8.46. The van der Waals surface area contributed by atoms with Crippen LogP contribution in [-0.2, 0) is 9.59 Å². The van der Waals surface area contributed by atoms with Crippen LogP contribution in [-0.4, -0.2) is 81.3 Å². The zero-order chi connectivity index (χ0) is 39.8. The molecule has 13 nitrogen and oxygen atoms in total. The largest absolute Gasteiger partial charge is 0.490 e. The molecule has 1 atom stereocenters. The van der Waals surface area contributed by atoms with Gasteiger partial charge < -0.3 is 24.4 Å². The topological polar surface area (TPSA) is 144 Å². The molecule has 2 aliphatic carbocycles. The van der Waals surface area contributed by atoms with Gasteiger partial charge in [-0.1, -0.05) is 19.3 Å². The summed E-state index contributed by atoms with van der Waals surface area (Å²) in [5.41, 5.74) is 2.31. The molecule has 9 rings (SSSR count). The van der Waals surface area contributed by atoms with E-state index in [1.165, 1.54) is 25.3 Å². The standard InChI is InChI=1S/C25H30N4O3.C18H23FN4O2/c1-16(2)32-23-14-22-17(15-29(27-22)19-7-4-3-5-8-19)13-20(23)24(30)26-21-9-6-12-28(25(21)31)18-10-11-18;1-22-10-18(11-22)4-6-23(7-5-18)16-14(19)8-12(9-20-16)13-2-3-15(24)21-17(13)25/h6,9,12-16,18-19H,3-5,7-8,10-11H2,1-2H3,(H,26,30);8-9,13H,2-7,10-11H2,1H3,(H,21,24,25). The van der Waals surface area contributed by atoms with Gasteiger partial charge in [-0.2, -0.15) is 5.10 Å². The fraction of sp³-hybridized carbons (Fsp3) is 0.535. The molecule has 0 bridgehead atoms. The highest BCUT2D eigenvalue weighted by atomic mass is 19.1. The number of pyridine rings is 2. The lowest BCUT2D eigenvalue weighted by Crippen LogP contribution is -2.58. The van der Waals surface area contributed by atoms with Crippen LogP contribution in [0, 0.1) is 11.2 Å². The van der Waals surface area contributed by atoms with Crippen molar-refractivity contribution in [3.05, 3.63) is 76.2 Å². The van der Waals surface area contributed by atoms with Gasteiger partial charge in [-0.05, 0) is 101 Å². The van der Waals surface area contributed by atoms with Crippen LogP contribution in [0.2, 0.25) is 0 Å². The molecule has 1 spiro atoms. The molecule has 3 aromatic heterocycles. The highest BCUT2D eigenvalue weighted by Gasteiger charge is 2.43. The molecular weight excluding hydrogens is 728 g/mol. The Kier molecular flexibility index (Phi) is 10.9. The number of piperidine rings is 2. The first kappa shape index (κ1) is 38.7. The molecule has 302 valence electrons. The SMILES string of the molecule is CC(C)Oc1cc2nn(C3CCCCC3)cc2cc1C(=O)Nc1cccn(C2CC2)c1=O.CN1CC2(CCN(c3ncc(C4CCC(=O)NC4=O)cc3F)CC2)C1. The van der Waals surface area contributed by atoms with E-state index in [-0.39, 0.29) is 53.4 Å². The number of imide groups is 1. The second-order valence-electron chi connectivity index (χ2n) is 17.0. The second-order valence-corrected chi connectivity index (χ2v) is 17.0. The first-order valence-electron chi connectivity index (χ1n) is 20.6. The summed E-state index contributed by atoms with van der Waals surface area (Å²) in [6.07, 6.45) is 16.1. The zero-order valence-corrected chi connectivity index (χ0v) is 33.1. The van der Waals surface area contributed by atoms with Crippen molar-refractivity contribution >= 4 is 40.1 Å². The molecule has 6 heterocycles. The number of carbonyl (C=O) groups excluding carboxylic acids is 3. The fourth-order valence-electron chi connectivity index (χ4n) is 9.06. The minimum atomic E-state index is -0.496. The van der Waals surface area contributed by atoms with E-state index in [1.54, 1.807) is 29.1 Å². The maximum absolute atomic E-state index is 14.6. The zero-order valence-electron chi connectivity index (χ0n) is 33.1. The van der Waals surface area contributed by atoms with E-state index in [1.807, 2.05) is 37.1 Å². The summed E-state index contributed by atoms with van der Waals surface area (Å²) < 4.78 is 24.4. The second kappa shape index (κ2) is 16.0. The molecule has 14 heteroatoms. The molecule has 4 aromatic rings. The smallest absolute Gasteiger partial charge is 0.274 e. The number of aromatic nitrogens is 4. The van der Waals surface area contributed by atoms with Crippen molar-refractivity contribution in [1.82, 2.24) is 29.5 Å². The number of halogens is 1. The van der Waals surface area contributed by atoms with E-state index in [0.29, 0.717) is 40.6 Å². The number of fused-ring (bicyclic) bond motifs is 1. The third-order valence-corrected chi connectivity index (χ3v) is 12.2. The van der Waals surface area contributed by atoms with Crippen molar-refractivity contribution in [2.75, 3.05) is 43.4 Å². The van der Waals surface area contributed by atoms with Gasteiger partial charge in [0.15, 0.2) is 11.6 Å². The van der Waals surface area contributed by atoms with Crippen LogP contribution < -0.4 is 25.8 Å². The van der Waals surface area contributed by atoms with Crippen LogP contribution in [0.3, 0.4) is 0 Å². The van der Waals surface area contributed by atoms with Gasteiger partial charge in [0, 0.05) is 68.7 Å². The van der Waals surface area contributed by atoms with Crippen molar-refractivity contribution in [2.24, 2.45) is 5.41 Å². The molecule has 3 amide bonds. The molecule has 2 saturated carbocycles. The molecule has 3 saturated heterocycles. The lowest BCUT2D eigenvalue weighted by molar-refractivity contribution is -0.134. The summed E-state index contributed by atoms with van der Waals surface area (Å²) in [6, 6.07) is 9.20. The molecule has 5 aliphatic rings. The number of rotatable bonds is 8. The predicted octanol–water partition coefficient (Wildman–Crippen LogP) is 6.35. The summed E-state index contributed by atoms with van der Waals surface area (Å²) in [5.74, 6) is -1.00. The van der Waals surface area contributed by atoms with Gasteiger partial charge in [-0.15, -0.1) is 0 Å². The number of nitrogens with zero attached hydrogens (tertiary/aromatic N) is 6. The van der Waals surface area contributed by atoms with Crippen LogP contribution in [0.25, 0.3) is 10.9 Å². The number of nitrogens with one attached hydrogen (secondary N) is 2. The number of carbonyl (C=O) groups is 3. The number of ether oxygens (including phenoxy) is 1. The summed E-state index contributed by atoms with van der Waals surface area (Å²) >= 11 is 0. The van der Waals surface area contributed by atoms with Crippen LogP contribution in [0.15, 0.2) is 53.7 Å². The molecule has 2 N–H and O–H groups in total. The summed E-state index contributed by atoms with van der Waals surface area (Å²) in [6.45, 7) is 7.75. The lowest BCUT2D eigenvalue weighted by Gasteiger charge is -2.53. The van der Waals surface area contributed by atoms with Gasteiger partial charge >= 0.3 is 0 Å². The number of benzene rings is 1. The van der Waals surface area contributed by atoms with Gasteiger partial charge in [0.1, 0.15) is 11.4 Å². The Labute approximate surface area is 331 Å². The average molecular weight is 781 g/mol. The fourth-order valence-corrected chi connectivity index (χ4v) is 9.06. The quantitative estimate of drug-likeness (QED) is 0.196. The third-order valence-electron chi connectivity index (χ3n) is 12.2. The van der Waals surface area contributed by atoms with Crippen molar-refractivity contribution in [3.63, 3.8) is 0 Å². The van der Waals surface area contributed by atoms with Gasteiger partial charge in [-0.3, -0.25) is 29.2 Å². The first-order chi connectivity index (χ1) is 27.4. The number of hydrogen-bond acceptors (Lipinski definition) is 9. The van der Waals surface area contributed by atoms with E-state index in [9.17, 15) is 23.6 Å². The average Bonchev–Trinajstić information content (AvgIpc) is 3.94. The van der Waals surface area contributed by atoms with E-state index in [0.717, 1.165) is 75.6 Å². The minimum absolute atomic E-state index is 0.0942. The van der Waals surface area contributed by atoms with Gasteiger partial charge in [0.25, 0.3) is 11.5 Å². The van der Waals surface area contributed by atoms with Crippen molar-refractivity contribution in [1.29, 1.82) is 0 Å². The Balaban J connectivity index is 0.000000165. The Morgan fingerprint density at radius 3 is 2.42 bits per heavy atom. The van der Waals surface area contributed by atoms with Crippen molar-refractivity contribution < 1.29 is 23.5 Å². The molecular formula is C43H53FN8O5. The number of likely N-dealkylation sites (tertiary alicyclic amines) is 1. The molecule has 57 heavy (non-hydrogen) atoms. The summed E-state index contributed by atoms with van der Waals surface area (Å²) in [4.78, 5) is 57.9. The van der Waals surface area contributed by atoms with Gasteiger partial charge in [-0.25, -0.2) is 9.37 Å². The monoisotopic (exact) mass is 780 g/mol. The summed E-state index contributed by atoms with van der Waals surface area (Å²) in [7, 11) is 2.13. The minimum Gasteiger partial charge on any atom is -0.490 e. The lowest BCUT2D eigenvalue weighted by atomic mass is 9.72. The molecule has 3 aliphatic heterocycles. The first-order valence-corrected chi connectivity index (χ1v) is 20.6. The number of anilines is 2. The highest BCUT2D eigenvalue weighted by molar-refractivity contribution is 6.08. The Bertz CT molecular complexity index is 2210. The maximum Gasteiger partial charge on any atom is 0.274 e. The van der Waals surface area contributed by atoms with Crippen molar-refractivity contribution in [3.8, 4) is 5.75 Å². The van der Waals surface area contributed by atoms with Crippen LogP contribution in [0.1, 0.15) is 118 Å². The van der Waals surface area contributed by atoms with Gasteiger partial charge in [0.05, 0.1) is 29.1 Å². The normalized spacial score (nSPS) is 21.2. The number of hydrogen-bond donors (Lipinski definition) is 2. The van der Waals surface area contributed by atoms with E-state index in [4.69, 9.17) is 9.84 Å². The molecule has 1 aromatic carbocycles. The van der Waals surface area contributed by atoms with Crippen LogP contribution in [0.5, 0.6) is 5.75 Å². The Morgan fingerprint density at radius 2 is 1.75 bits per heavy atom. The van der Waals surface area contributed by atoms with E-state index < -0.39 is 5.92 Å². The predicted molar refractivity (Wildman–Crippen MR) is 215 cm³/mol. The van der Waals surface area contributed by atoms with Crippen LogP contribution >= 0.6 is 0 Å². The molecule has 5 fully saturated rings. The molecule has 1 unspecified atom stereocenters. The van der Waals surface area contributed by atoms with Crippen LogP contribution in [0.4, 0.5) is 15.9 Å². The van der Waals surface area contributed by atoms with E-state index in [2.05, 4.69) is 32.2 Å². The Hall–Kier alpha value is -5.11.